The quantitative estimate of drug-likeness (QED) is 0.288. The molecule has 0 aromatic heterocycles. The number of Topliss-reactive ketones (excluding diaryl/α,β-unsaturated/α-hetero) is 1. The first-order chi connectivity index (χ1) is 10.7. The Kier molecular flexibility index (Phi) is 16.7. The predicted molar refractivity (Wildman–Crippen MR) is 96.4 cm³/mol. The van der Waals surface area contributed by atoms with Crippen LogP contribution in [0.15, 0.2) is 0 Å². The molecule has 22 heavy (non-hydrogen) atoms. The van der Waals surface area contributed by atoms with Gasteiger partial charge in [0.05, 0.1) is 0 Å². The van der Waals surface area contributed by atoms with Gasteiger partial charge in [-0.15, -0.1) is 0 Å². The van der Waals surface area contributed by atoms with E-state index in [1.165, 1.54) is 77.0 Å². The van der Waals surface area contributed by atoms with E-state index in [4.69, 9.17) is 4.74 Å². The van der Waals surface area contributed by atoms with Gasteiger partial charge in [-0.1, -0.05) is 90.9 Å². The van der Waals surface area contributed by atoms with Gasteiger partial charge < -0.3 is 4.74 Å². The van der Waals surface area contributed by atoms with E-state index in [9.17, 15) is 4.79 Å². The number of hydrogen-bond acceptors (Lipinski definition) is 2. The van der Waals surface area contributed by atoms with E-state index in [2.05, 4.69) is 6.92 Å². The highest BCUT2D eigenvalue weighted by Gasteiger charge is 2.10. The smallest absolute Gasteiger partial charge is 0.158 e. The lowest BCUT2D eigenvalue weighted by atomic mass is 10.0. The highest BCUT2D eigenvalue weighted by molar-refractivity contribution is 5.80. The summed E-state index contributed by atoms with van der Waals surface area (Å²) in [7, 11) is 0. The molecule has 1 atom stereocenters. The van der Waals surface area contributed by atoms with Crippen LogP contribution in [-0.4, -0.2) is 18.5 Å². The van der Waals surface area contributed by atoms with Crippen LogP contribution in [0.4, 0.5) is 0 Å². The van der Waals surface area contributed by atoms with Crippen molar-refractivity contribution in [3.8, 4) is 0 Å². The molecule has 0 radical (unpaired) electrons. The summed E-state index contributed by atoms with van der Waals surface area (Å²) in [5.74, 6) is 0.164. The van der Waals surface area contributed by atoms with Crippen LogP contribution in [0, 0.1) is 0 Å². The molecule has 132 valence electrons. The van der Waals surface area contributed by atoms with Crippen LogP contribution < -0.4 is 0 Å². The summed E-state index contributed by atoms with van der Waals surface area (Å²) in [5.41, 5.74) is 0. The number of carbonyl (C=O) groups excluding carboxylic acids is 1. The minimum atomic E-state index is -0.169. The normalized spacial score (nSPS) is 12.5. The fourth-order valence-corrected chi connectivity index (χ4v) is 2.87. The number of ketones is 1. The fourth-order valence-electron chi connectivity index (χ4n) is 2.87. The summed E-state index contributed by atoms with van der Waals surface area (Å²) in [6.45, 7) is 6.65. The van der Waals surface area contributed by atoms with Crippen LogP contribution in [0.1, 0.15) is 111 Å². The van der Waals surface area contributed by atoms with Crippen molar-refractivity contribution in [1.29, 1.82) is 0 Å². The van der Waals surface area contributed by atoms with Gasteiger partial charge in [0.15, 0.2) is 5.78 Å². The van der Waals surface area contributed by atoms with Gasteiger partial charge in [-0.25, -0.2) is 0 Å². The van der Waals surface area contributed by atoms with Crippen molar-refractivity contribution in [2.75, 3.05) is 6.61 Å². The van der Waals surface area contributed by atoms with Gasteiger partial charge in [0, 0.05) is 6.61 Å². The molecule has 0 spiro atoms. The van der Waals surface area contributed by atoms with E-state index >= 15 is 0 Å². The summed E-state index contributed by atoms with van der Waals surface area (Å²) >= 11 is 0. The molecule has 0 aliphatic carbocycles. The summed E-state index contributed by atoms with van der Waals surface area (Å²) in [5, 5.41) is 0. The van der Waals surface area contributed by atoms with Crippen molar-refractivity contribution in [1.82, 2.24) is 0 Å². The third-order valence-electron chi connectivity index (χ3n) is 4.39. The van der Waals surface area contributed by atoms with Crippen molar-refractivity contribution in [2.24, 2.45) is 0 Å². The second-order valence-corrected chi connectivity index (χ2v) is 6.62. The van der Waals surface area contributed by atoms with E-state index < -0.39 is 0 Å². The van der Waals surface area contributed by atoms with Crippen molar-refractivity contribution in [2.45, 2.75) is 117 Å². The summed E-state index contributed by atoms with van der Waals surface area (Å²) in [6.07, 6.45) is 18.4. The van der Waals surface area contributed by atoms with Gasteiger partial charge in [-0.05, 0) is 19.8 Å². The van der Waals surface area contributed by atoms with Gasteiger partial charge in [-0.3, -0.25) is 4.79 Å². The number of ether oxygens (including phenoxy) is 1. The molecule has 0 saturated heterocycles. The van der Waals surface area contributed by atoms with Crippen LogP contribution in [0.5, 0.6) is 0 Å². The van der Waals surface area contributed by atoms with Crippen LogP contribution in [-0.2, 0) is 9.53 Å². The molecule has 0 aliphatic rings. The molecule has 0 aromatic rings. The van der Waals surface area contributed by atoms with E-state index in [0.717, 1.165) is 19.4 Å². The van der Waals surface area contributed by atoms with E-state index in [-0.39, 0.29) is 11.9 Å². The molecule has 0 saturated carbocycles. The zero-order chi connectivity index (χ0) is 16.5. The summed E-state index contributed by atoms with van der Waals surface area (Å²) < 4.78 is 5.60. The zero-order valence-corrected chi connectivity index (χ0v) is 15.5. The monoisotopic (exact) mass is 312 g/mol. The Morgan fingerprint density at radius 1 is 0.727 bits per heavy atom. The highest BCUT2D eigenvalue weighted by Crippen LogP contribution is 2.12. The molecular weight excluding hydrogens is 272 g/mol. The van der Waals surface area contributed by atoms with Crippen LogP contribution >= 0.6 is 0 Å². The first-order valence-electron chi connectivity index (χ1n) is 9.84. The van der Waals surface area contributed by atoms with Crippen LogP contribution in [0.25, 0.3) is 0 Å². The molecule has 0 bridgehead atoms. The Bertz CT molecular complexity index is 238. The topological polar surface area (TPSA) is 26.3 Å². The minimum Gasteiger partial charge on any atom is -0.370 e. The van der Waals surface area contributed by atoms with Gasteiger partial charge in [0.2, 0.25) is 0 Å². The number of carbonyl (C=O) groups is 1. The predicted octanol–water partition coefficient (Wildman–Crippen LogP) is 6.46. The number of hydrogen-bond donors (Lipinski definition) is 0. The lowest BCUT2D eigenvalue weighted by Gasteiger charge is -2.12. The number of rotatable bonds is 17. The second kappa shape index (κ2) is 17.0. The van der Waals surface area contributed by atoms with Gasteiger partial charge in [-0.2, -0.15) is 0 Å². The van der Waals surface area contributed by atoms with Crippen LogP contribution in [0.3, 0.4) is 0 Å². The van der Waals surface area contributed by atoms with Gasteiger partial charge in [0.1, 0.15) is 6.10 Å². The van der Waals surface area contributed by atoms with E-state index in [1.807, 2.05) is 6.92 Å². The molecule has 0 aromatic carbocycles. The van der Waals surface area contributed by atoms with Crippen molar-refractivity contribution in [3.05, 3.63) is 0 Å². The molecular formula is C20H40O2. The lowest BCUT2D eigenvalue weighted by molar-refractivity contribution is -0.128. The Morgan fingerprint density at radius 3 is 1.50 bits per heavy atom. The fraction of sp³-hybridized carbons (Fsp3) is 0.950. The average molecular weight is 313 g/mol. The molecule has 2 nitrogen and oxygen atoms in total. The lowest BCUT2D eigenvalue weighted by Crippen LogP contribution is -2.21. The van der Waals surface area contributed by atoms with E-state index in [0.29, 0.717) is 0 Å². The number of unbranched alkanes of at least 4 members (excludes halogenated alkanes) is 12. The highest BCUT2D eigenvalue weighted by atomic mass is 16.5. The minimum absolute atomic E-state index is 0.164. The zero-order valence-electron chi connectivity index (χ0n) is 15.5. The first-order valence-corrected chi connectivity index (χ1v) is 9.84. The molecule has 0 aliphatic heterocycles. The third-order valence-corrected chi connectivity index (χ3v) is 4.39. The van der Waals surface area contributed by atoms with Gasteiger partial charge in [0.25, 0.3) is 0 Å². The van der Waals surface area contributed by atoms with Crippen LogP contribution in [0.2, 0.25) is 0 Å². The third kappa shape index (κ3) is 14.6. The van der Waals surface area contributed by atoms with Crippen molar-refractivity contribution in [3.63, 3.8) is 0 Å². The average Bonchev–Trinajstić information content (AvgIpc) is 2.51. The molecule has 2 heteroatoms. The second-order valence-electron chi connectivity index (χ2n) is 6.62. The largest absolute Gasteiger partial charge is 0.370 e. The summed E-state index contributed by atoms with van der Waals surface area (Å²) in [6, 6.07) is 0. The molecule has 0 amide bonds. The van der Waals surface area contributed by atoms with Crippen molar-refractivity contribution >= 4 is 5.78 Å². The van der Waals surface area contributed by atoms with Gasteiger partial charge >= 0.3 is 0 Å². The Morgan fingerprint density at radius 2 is 1.14 bits per heavy atom. The standard InChI is InChI=1S/C20H40O2/c1-4-6-7-8-9-10-11-12-13-14-15-16-17-18-22-20(5-2)19(3)21/h20H,4-18H2,1-3H3. The molecule has 0 N–H and O–H groups in total. The first kappa shape index (κ1) is 21.6. The molecule has 1 unspecified atom stereocenters. The maximum absolute atomic E-state index is 11.2. The Balaban J connectivity index is 3.13. The Hall–Kier alpha value is -0.370. The maximum atomic E-state index is 11.2. The molecule has 0 rings (SSSR count). The maximum Gasteiger partial charge on any atom is 0.158 e. The van der Waals surface area contributed by atoms with E-state index in [1.54, 1.807) is 6.92 Å². The molecule has 0 fully saturated rings. The Labute approximate surface area is 139 Å². The SMILES string of the molecule is CCCCCCCCCCCCCCCOC(CC)C(C)=O. The molecule has 0 heterocycles. The van der Waals surface area contributed by atoms with Crippen molar-refractivity contribution < 1.29 is 9.53 Å². The summed E-state index contributed by atoms with van der Waals surface area (Å²) in [4.78, 5) is 11.2.